The fourth-order valence-electron chi connectivity index (χ4n) is 3.30. The van der Waals surface area contributed by atoms with Crippen molar-refractivity contribution in [3.63, 3.8) is 0 Å². The van der Waals surface area contributed by atoms with Crippen LogP contribution in [0.15, 0.2) is 53.7 Å². The van der Waals surface area contributed by atoms with Gasteiger partial charge < -0.3 is 5.32 Å². The number of benzene rings is 2. The lowest BCUT2D eigenvalue weighted by Gasteiger charge is -2.22. The van der Waals surface area contributed by atoms with Gasteiger partial charge in [0.05, 0.1) is 6.42 Å². The molecule has 4 rings (SSSR count). The number of nitrogens with zero attached hydrogens (tertiary/aromatic N) is 3. The zero-order valence-corrected chi connectivity index (χ0v) is 17.0. The second-order valence-electron chi connectivity index (χ2n) is 7.07. The number of nitrogens with one attached hydrogen (secondary N) is 2. The predicted molar refractivity (Wildman–Crippen MR) is 113 cm³/mol. The van der Waals surface area contributed by atoms with E-state index in [2.05, 4.69) is 20.7 Å². The molecule has 2 aromatic carbocycles. The maximum atomic E-state index is 12.9. The van der Waals surface area contributed by atoms with Gasteiger partial charge in [0.15, 0.2) is 0 Å². The summed E-state index contributed by atoms with van der Waals surface area (Å²) in [5.74, 6) is 0.482. The van der Waals surface area contributed by atoms with Crippen molar-refractivity contribution in [2.45, 2.75) is 37.2 Å². The van der Waals surface area contributed by atoms with Gasteiger partial charge in [-0.15, -0.1) is 5.10 Å². The standard InChI is InChI=1S/C21H21N5O2S/c1-13-8-14(2)10-16(9-13)22-19(28)17-11-18(27)23-20-24-21(25-26(17)20)29-12-15-6-4-3-5-7-15/h3-10,17H,11-12H2,1-2H3,(H,22,28)(H,23,24,25,27)/t17-/m1/s1. The largest absolute Gasteiger partial charge is 0.324 e. The first-order valence-corrected chi connectivity index (χ1v) is 10.3. The van der Waals surface area contributed by atoms with E-state index in [0.717, 1.165) is 16.7 Å². The van der Waals surface area contributed by atoms with Crippen LogP contribution in [-0.4, -0.2) is 26.6 Å². The summed E-state index contributed by atoms with van der Waals surface area (Å²) in [6, 6.07) is 15.1. The first-order chi connectivity index (χ1) is 14.0. The van der Waals surface area contributed by atoms with Gasteiger partial charge in [-0.25, -0.2) is 4.68 Å². The third-order valence-corrected chi connectivity index (χ3v) is 5.45. The van der Waals surface area contributed by atoms with Crippen molar-refractivity contribution in [1.82, 2.24) is 14.8 Å². The normalized spacial score (nSPS) is 15.5. The SMILES string of the molecule is Cc1cc(C)cc(NC(=O)[C@H]2CC(=O)Nc3nc(SCc4ccccc4)nn32)c1. The van der Waals surface area contributed by atoms with Crippen molar-refractivity contribution in [2.75, 3.05) is 10.6 Å². The molecular weight excluding hydrogens is 386 g/mol. The monoisotopic (exact) mass is 407 g/mol. The van der Waals surface area contributed by atoms with Crippen LogP contribution in [-0.2, 0) is 15.3 Å². The van der Waals surface area contributed by atoms with E-state index in [-0.39, 0.29) is 18.2 Å². The van der Waals surface area contributed by atoms with Crippen molar-refractivity contribution < 1.29 is 9.59 Å². The van der Waals surface area contributed by atoms with Crippen LogP contribution in [0.3, 0.4) is 0 Å². The zero-order valence-electron chi connectivity index (χ0n) is 16.2. The average Bonchev–Trinajstić information content (AvgIpc) is 3.08. The Morgan fingerprint density at radius 1 is 1.21 bits per heavy atom. The summed E-state index contributed by atoms with van der Waals surface area (Å²) in [4.78, 5) is 29.4. The molecule has 8 heteroatoms. The molecule has 0 radical (unpaired) electrons. The van der Waals surface area contributed by atoms with Gasteiger partial charge in [0, 0.05) is 11.4 Å². The quantitative estimate of drug-likeness (QED) is 0.630. The Balaban J connectivity index is 1.52. The number of hydrogen-bond donors (Lipinski definition) is 2. The molecule has 1 aliphatic rings. The number of anilines is 2. The maximum Gasteiger partial charge on any atom is 0.249 e. The number of carbonyl (C=O) groups is 2. The lowest BCUT2D eigenvalue weighted by molar-refractivity contribution is -0.125. The summed E-state index contributed by atoms with van der Waals surface area (Å²) in [5.41, 5.74) is 3.97. The Morgan fingerprint density at radius 2 is 1.93 bits per heavy atom. The van der Waals surface area contributed by atoms with Crippen LogP contribution in [0.25, 0.3) is 0 Å². The number of aromatic nitrogens is 3. The summed E-state index contributed by atoms with van der Waals surface area (Å²) in [6.07, 6.45) is 0.0236. The number of hydrogen-bond acceptors (Lipinski definition) is 5. The molecule has 2 heterocycles. The Hall–Kier alpha value is -3.13. The highest BCUT2D eigenvalue weighted by Crippen LogP contribution is 2.28. The van der Waals surface area contributed by atoms with Crippen LogP contribution in [0.2, 0.25) is 0 Å². The van der Waals surface area contributed by atoms with Crippen LogP contribution >= 0.6 is 11.8 Å². The topological polar surface area (TPSA) is 88.9 Å². The van der Waals surface area contributed by atoms with E-state index in [1.54, 1.807) is 0 Å². The first-order valence-electron chi connectivity index (χ1n) is 9.30. The molecular formula is C21H21N5O2S. The molecule has 0 unspecified atom stereocenters. The Morgan fingerprint density at radius 3 is 2.66 bits per heavy atom. The second kappa shape index (κ2) is 8.08. The molecule has 2 amide bonds. The van der Waals surface area contributed by atoms with Gasteiger partial charge in [0.1, 0.15) is 6.04 Å². The molecule has 3 aromatic rings. The van der Waals surface area contributed by atoms with Gasteiger partial charge in [-0.3, -0.25) is 14.9 Å². The molecule has 29 heavy (non-hydrogen) atoms. The predicted octanol–water partition coefficient (Wildman–Crippen LogP) is 3.71. The molecule has 1 aromatic heterocycles. The van der Waals surface area contributed by atoms with Crippen molar-refractivity contribution in [1.29, 1.82) is 0 Å². The fourth-order valence-corrected chi connectivity index (χ4v) is 4.09. The highest BCUT2D eigenvalue weighted by atomic mass is 32.2. The molecule has 2 N–H and O–H groups in total. The number of rotatable bonds is 5. The molecule has 7 nitrogen and oxygen atoms in total. The smallest absolute Gasteiger partial charge is 0.249 e. The van der Waals surface area contributed by atoms with Crippen molar-refractivity contribution in [2.24, 2.45) is 0 Å². The fraction of sp³-hybridized carbons (Fsp3) is 0.238. The molecule has 0 fully saturated rings. The molecule has 1 atom stereocenters. The summed E-state index contributed by atoms with van der Waals surface area (Å²) in [7, 11) is 0. The summed E-state index contributed by atoms with van der Waals surface area (Å²) < 4.78 is 1.51. The van der Waals surface area contributed by atoms with Crippen LogP contribution in [0.5, 0.6) is 0 Å². The minimum atomic E-state index is -0.738. The van der Waals surface area contributed by atoms with Crippen LogP contribution in [0.4, 0.5) is 11.6 Å². The van der Waals surface area contributed by atoms with Gasteiger partial charge in [0.2, 0.25) is 22.9 Å². The number of aryl methyl sites for hydroxylation is 2. The van der Waals surface area contributed by atoms with E-state index in [9.17, 15) is 9.59 Å². The van der Waals surface area contributed by atoms with E-state index < -0.39 is 6.04 Å². The minimum Gasteiger partial charge on any atom is -0.324 e. The van der Waals surface area contributed by atoms with E-state index in [1.807, 2.05) is 62.4 Å². The van der Waals surface area contributed by atoms with E-state index in [1.165, 1.54) is 16.4 Å². The summed E-state index contributed by atoms with van der Waals surface area (Å²) in [5, 5.41) is 10.6. The maximum absolute atomic E-state index is 12.9. The Labute approximate surface area is 172 Å². The second-order valence-corrected chi connectivity index (χ2v) is 8.01. The molecule has 0 spiro atoms. The van der Waals surface area contributed by atoms with Gasteiger partial charge in [0.25, 0.3) is 0 Å². The molecule has 148 valence electrons. The molecule has 0 bridgehead atoms. The van der Waals surface area contributed by atoms with Gasteiger partial charge in [-0.2, -0.15) is 4.98 Å². The molecule has 0 saturated carbocycles. The summed E-state index contributed by atoms with van der Waals surface area (Å²) >= 11 is 1.46. The molecule has 0 saturated heterocycles. The lowest BCUT2D eigenvalue weighted by atomic mass is 10.1. The number of carbonyl (C=O) groups excluding carboxylic acids is 2. The zero-order chi connectivity index (χ0) is 20.4. The van der Waals surface area contributed by atoms with Crippen molar-refractivity contribution in [3.8, 4) is 0 Å². The van der Waals surface area contributed by atoms with E-state index >= 15 is 0 Å². The number of thioether (sulfide) groups is 1. The van der Waals surface area contributed by atoms with Crippen LogP contribution in [0, 0.1) is 13.8 Å². The lowest BCUT2D eigenvalue weighted by Crippen LogP contribution is -2.36. The van der Waals surface area contributed by atoms with E-state index in [0.29, 0.717) is 22.5 Å². The Bertz CT molecular complexity index is 1040. The van der Waals surface area contributed by atoms with Gasteiger partial charge >= 0.3 is 0 Å². The molecule has 0 aliphatic carbocycles. The van der Waals surface area contributed by atoms with Crippen LogP contribution < -0.4 is 10.6 Å². The highest BCUT2D eigenvalue weighted by molar-refractivity contribution is 7.98. The third-order valence-electron chi connectivity index (χ3n) is 4.54. The molecule has 1 aliphatic heterocycles. The number of fused-ring (bicyclic) bond motifs is 1. The minimum absolute atomic E-state index is 0.0236. The van der Waals surface area contributed by atoms with E-state index in [4.69, 9.17) is 0 Å². The third kappa shape index (κ3) is 4.48. The van der Waals surface area contributed by atoms with Gasteiger partial charge in [-0.05, 0) is 42.7 Å². The van der Waals surface area contributed by atoms with Gasteiger partial charge in [-0.1, -0.05) is 48.2 Å². The highest BCUT2D eigenvalue weighted by Gasteiger charge is 2.33. The first kappa shape index (κ1) is 19.2. The van der Waals surface area contributed by atoms with Crippen molar-refractivity contribution in [3.05, 3.63) is 65.2 Å². The van der Waals surface area contributed by atoms with Crippen LogP contribution in [0.1, 0.15) is 29.2 Å². The summed E-state index contributed by atoms with van der Waals surface area (Å²) in [6.45, 7) is 3.95. The number of amides is 2. The van der Waals surface area contributed by atoms with Crippen molar-refractivity contribution >= 4 is 35.2 Å². The average molecular weight is 407 g/mol. The Kier molecular flexibility index (Phi) is 5.35.